The number of aryl methyl sites for hydroxylation is 2. The van der Waals surface area contributed by atoms with Crippen molar-refractivity contribution in [1.82, 2.24) is 4.57 Å². The lowest BCUT2D eigenvalue weighted by Gasteiger charge is -2.09. The second kappa shape index (κ2) is 14.3. The monoisotopic (exact) mass is 353 g/mol. The van der Waals surface area contributed by atoms with Crippen molar-refractivity contribution >= 4 is 0 Å². The summed E-state index contributed by atoms with van der Waals surface area (Å²) in [6, 6.07) is 0. The average Bonchev–Trinajstić information content (AvgIpc) is 3.08. The van der Waals surface area contributed by atoms with E-state index in [2.05, 4.69) is 55.6 Å². The van der Waals surface area contributed by atoms with Gasteiger partial charge in [-0.3, -0.25) is 0 Å². The van der Waals surface area contributed by atoms with Gasteiger partial charge in [0.2, 0.25) is 6.33 Å². The van der Waals surface area contributed by atoms with Crippen LogP contribution in [-0.4, -0.2) is 30.0 Å². The molecule has 4 heteroatoms. The number of rotatable bonds is 16. The second-order valence-corrected chi connectivity index (χ2v) is 7.19. The van der Waals surface area contributed by atoms with E-state index in [0.29, 0.717) is 12.2 Å². The first-order chi connectivity index (χ1) is 12.2. The standard InChI is InChI=1S/C21H41N2O2/c1-5-20(3)24-17-11-7-9-13-22-15-16-23(19-22)14-10-8-12-18-25-21(4)6-2/h15-16,19-21H,5-14,17-18H2,1-4H3/q+1. The first-order valence-electron chi connectivity index (χ1n) is 10.4. The van der Waals surface area contributed by atoms with Crippen LogP contribution in [0, 0.1) is 0 Å². The Hall–Kier alpha value is -0.870. The summed E-state index contributed by atoms with van der Waals surface area (Å²) in [6.07, 6.45) is 16.9. The van der Waals surface area contributed by atoms with Gasteiger partial charge in [-0.25, -0.2) is 9.13 Å². The zero-order valence-corrected chi connectivity index (χ0v) is 17.1. The number of imidazole rings is 1. The van der Waals surface area contributed by atoms with Gasteiger partial charge < -0.3 is 9.47 Å². The van der Waals surface area contributed by atoms with Gasteiger partial charge in [-0.2, -0.15) is 0 Å². The van der Waals surface area contributed by atoms with E-state index in [9.17, 15) is 0 Å². The van der Waals surface area contributed by atoms with Crippen molar-refractivity contribution in [2.45, 2.75) is 104 Å². The lowest BCUT2D eigenvalue weighted by Crippen LogP contribution is -2.30. The summed E-state index contributed by atoms with van der Waals surface area (Å²) in [5, 5.41) is 0. The molecule has 0 aliphatic heterocycles. The van der Waals surface area contributed by atoms with Crippen LogP contribution >= 0.6 is 0 Å². The highest BCUT2D eigenvalue weighted by atomic mass is 16.5. The van der Waals surface area contributed by atoms with Gasteiger partial charge in [-0.1, -0.05) is 13.8 Å². The topological polar surface area (TPSA) is 27.3 Å². The zero-order chi connectivity index (χ0) is 18.3. The molecule has 2 unspecified atom stereocenters. The van der Waals surface area contributed by atoms with Crippen LogP contribution in [0.3, 0.4) is 0 Å². The largest absolute Gasteiger partial charge is 0.379 e. The number of unbranched alkanes of at least 4 members (excludes halogenated alkanes) is 4. The molecule has 2 atom stereocenters. The highest BCUT2D eigenvalue weighted by Gasteiger charge is 2.04. The van der Waals surface area contributed by atoms with Crippen LogP contribution in [0.1, 0.15) is 79.1 Å². The third-order valence-corrected chi connectivity index (χ3v) is 4.82. The Bertz CT molecular complexity index is 383. The summed E-state index contributed by atoms with van der Waals surface area (Å²) in [6.45, 7) is 12.7. The lowest BCUT2D eigenvalue weighted by atomic mass is 10.2. The fourth-order valence-electron chi connectivity index (χ4n) is 2.65. The van der Waals surface area contributed by atoms with Crippen LogP contribution in [0.5, 0.6) is 0 Å². The van der Waals surface area contributed by atoms with Gasteiger partial charge in [-0.15, -0.1) is 0 Å². The molecule has 1 heterocycles. The van der Waals surface area contributed by atoms with Crippen molar-refractivity contribution in [3.8, 4) is 0 Å². The maximum atomic E-state index is 5.72. The van der Waals surface area contributed by atoms with Crippen LogP contribution < -0.4 is 4.57 Å². The van der Waals surface area contributed by atoms with Gasteiger partial charge in [0.1, 0.15) is 12.4 Å². The lowest BCUT2D eigenvalue weighted by molar-refractivity contribution is -0.696. The van der Waals surface area contributed by atoms with Crippen molar-refractivity contribution < 1.29 is 14.0 Å². The van der Waals surface area contributed by atoms with Crippen LogP contribution in [-0.2, 0) is 22.6 Å². The molecule has 0 aliphatic carbocycles. The number of hydrogen-bond donors (Lipinski definition) is 0. The molecule has 0 amide bonds. The smallest absolute Gasteiger partial charge is 0.243 e. The minimum absolute atomic E-state index is 0.407. The normalized spacial score (nSPS) is 13.9. The number of nitrogens with zero attached hydrogens (tertiary/aromatic N) is 2. The number of hydrogen-bond acceptors (Lipinski definition) is 2. The van der Waals surface area contributed by atoms with Crippen molar-refractivity contribution in [2.24, 2.45) is 0 Å². The summed E-state index contributed by atoms with van der Waals surface area (Å²) in [4.78, 5) is 0. The molecule has 0 aliphatic rings. The molecule has 4 nitrogen and oxygen atoms in total. The molecule has 0 aromatic carbocycles. The molecule has 0 N–H and O–H groups in total. The second-order valence-electron chi connectivity index (χ2n) is 7.19. The molecule has 0 fully saturated rings. The third kappa shape index (κ3) is 11.4. The van der Waals surface area contributed by atoms with Gasteiger partial charge >= 0.3 is 0 Å². The van der Waals surface area contributed by atoms with E-state index < -0.39 is 0 Å². The molecule has 1 aromatic rings. The molecule has 0 bridgehead atoms. The summed E-state index contributed by atoms with van der Waals surface area (Å²) in [5.41, 5.74) is 0. The maximum absolute atomic E-state index is 5.72. The zero-order valence-electron chi connectivity index (χ0n) is 17.1. The Kier molecular flexibility index (Phi) is 12.7. The van der Waals surface area contributed by atoms with E-state index in [1.54, 1.807) is 0 Å². The molecule has 1 rings (SSSR count). The van der Waals surface area contributed by atoms with E-state index in [0.717, 1.165) is 39.1 Å². The summed E-state index contributed by atoms with van der Waals surface area (Å²) in [5.74, 6) is 0. The van der Waals surface area contributed by atoms with E-state index in [4.69, 9.17) is 9.47 Å². The van der Waals surface area contributed by atoms with Crippen LogP contribution in [0.2, 0.25) is 0 Å². The first-order valence-corrected chi connectivity index (χ1v) is 10.4. The minimum atomic E-state index is 0.407. The first kappa shape index (κ1) is 22.2. The van der Waals surface area contributed by atoms with Gasteiger partial charge in [0.05, 0.1) is 25.3 Å². The quantitative estimate of drug-likeness (QED) is 0.317. The molecular weight excluding hydrogens is 312 g/mol. The van der Waals surface area contributed by atoms with Crippen molar-refractivity contribution in [2.75, 3.05) is 13.2 Å². The molecule has 0 saturated heterocycles. The molecule has 0 saturated carbocycles. The molecule has 146 valence electrons. The summed E-state index contributed by atoms with van der Waals surface area (Å²) >= 11 is 0. The fraction of sp³-hybridized carbons (Fsp3) is 0.857. The van der Waals surface area contributed by atoms with E-state index >= 15 is 0 Å². The maximum Gasteiger partial charge on any atom is 0.243 e. The predicted molar refractivity (Wildman–Crippen MR) is 104 cm³/mol. The Morgan fingerprint density at radius 3 is 2.04 bits per heavy atom. The van der Waals surface area contributed by atoms with Gasteiger partial charge in [-0.05, 0) is 65.2 Å². The number of aromatic nitrogens is 2. The van der Waals surface area contributed by atoms with E-state index in [-0.39, 0.29) is 0 Å². The fourth-order valence-corrected chi connectivity index (χ4v) is 2.65. The van der Waals surface area contributed by atoms with Gasteiger partial charge in [0.25, 0.3) is 0 Å². The predicted octanol–water partition coefficient (Wildman–Crippen LogP) is 4.75. The average molecular weight is 354 g/mol. The Balaban J connectivity index is 2.00. The van der Waals surface area contributed by atoms with Crippen LogP contribution in [0.15, 0.2) is 18.7 Å². The molecule has 1 aromatic heterocycles. The van der Waals surface area contributed by atoms with Gasteiger partial charge in [0, 0.05) is 13.2 Å². The van der Waals surface area contributed by atoms with Gasteiger partial charge in [0.15, 0.2) is 0 Å². The van der Waals surface area contributed by atoms with Crippen LogP contribution in [0.25, 0.3) is 0 Å². The SMILES string of the molecule is CCC(C)OCCCCCn1cc[n+](CCCCCOC(C)CC)c1. The molecular formula is C21H41N2O2+. The third-order valence-electron chi connectivity index (χ3n) is 4.82. The van der Waals surface area contributed by atoms with Crippen molar-refractivity contribution in [1.29, 1.82) is 0 Å². The molecule has 25 heavy (non-hydrogen) atoms. The highest BCUT2D eigenvalue weighted by Crippen LogP contribution is 2.03. The Morgan fingerprint density at radius 1 is 0.840 bits per heavy atom. The van der Waals surface area contributed by atoms with E-state index in [1.165, 1.54) is 38.5 Å². The Morgan fingerprint density at radius 2 is 1.44 bits per heavy atom. The van der Waals surface area contributed by atoms with E-state index in [1.807, 2.05) is 0 Å². The summed E-state index contributed by atoms with van der Waals surface area (Å²) < 4.78 is 16.1. The molecule has 0 radical (unpaired) electrons. The number of ether oxygens (including phenoxy) is 2. The Labute approximate surface area is 155 Å². The summed E-state index contributed by atoms with van der Waals surface area (Å²) in [7, 11) is 0. The minimum Gasteiger partial charge on any atom is -0.379 e. The van der Waals surface area contributed by atoms with Crippen molar-refractivity contribution in [3.63, 3.8) is 0 Å². The molecule has 0 spiro atoms. The van der Waals surface area contributed by atoms with Crippen molar-refractivity contribution in [3.05, 3.63) is 18.7 Å². The van der Waals surface area contributed by atoms with Crippen LogP contribution in [0.4, 0.5) is 0 Å². The highest BCUT2D eigenvalue weighted by molar-refractivity contribution is 4.66.